The highest BCUT2D eigenvalue weighted by Gasteiger charge is 2.25. The molecule has 1 aromatic carbocycles. The van der Waals surface area contributed by atoms with Gasteiger partial charge in [0.05, 0.1) is 6.10 Å². The van der Waals surface area contributed by atoms with Crippen molar-refractivity contribution in [2.75, 3.05) is 0 Å². The monoisotopic (exact) mass is 294 g/mol. The molecule has 6 heteroatoms. The van der Waals surface area contributed by atoms with Crippen molar-refractivity contribution in [3.63, 3.8) is 0 Å². The second kappa shape index (κ2) is 5.89. The zero-order valence-electron chi connectivity index (χ0n) is 11.4. The lowest BCUT2D eigenvalue weighted by Gasteiger charge is -2.26. The lowest BCUT2D eigenvalue weighted by atomic mass is 9.84. The Morgan fingerprint density at radius 2 is 1.86 bits per heavy atom. The van der Waals surface area contributed by atoms with E-state index in [-0.39, 0.29) is 23.4 Å². The second-order valence-electron chi connectivity index (χ2n) is 5.49. The summed E-state index contributed by atoms with van der Waals surface area (Å²) in [6, 6.07) is 3.11. The highest BCUT2D eigenvalue weighted by molar-refractivity contribution is 5.54. The van der Waals surface area contributed by atoms with Crippen molar-refractivity contribution in [2.45, 2.75) is 38.2 Å². The van der Waals surface area contributed by atoms with Crippen LogP contribution >= 0.6 is 0 Å². The van der Waals surface area contributed by atoms with Gasteiger partial charge >= 0.3 is 0 Å². The van der Waals surface area contributed by atoms with Crippen LogP contribution in [0.2, 0.25) is 0 Å². The molecule has 2 aromatic rings. The minimum Gasteiger partial charge on any atom is -0.393 e. The van der Waals surface area contributed by atoms with Gasteiger partial charge in [-0.25, -0.2) is 8.78 Å². The second-order valence-corrected chi connectivity index (χ2v) is 5.49. The summed E-state index contributed by atoms with van der Waals surface area (Å²) in [5.41, 5.74) is 0.242. The van der Waals surface area contributed by atoms with Crippen LogP contribution in [0.15, 0.2) is 22.7 Å². The van der Waals surface area contributed by atoms with Crippen LogP contribution in [-0.4, -0.2) is 21.4 Å². The Hall–Kier alpha value is -1.82. The number of rotatable bonds is 3. The van der Waals surface area contributed by atoms with Crippen LogP contribution in [0.5, 0.6) is 0 Å². The molecule has 0 aliphatic heterocycles. The molecule has 0 spiro atoms. The fourth-order valence-corrected chi connectivity index (χ4v) is 2.79. The fraction of sp³-hybridized carbons (Fsp3) is 0.467. The molecular formula is C15H16F2N2O2. The van der Waals surface area contributed by atoms with Gasteiger partial charge in [0.15, 0.2) is 0 Å². The van der Waals surface area contributed by atoms with Crippen molar-refractivity contribution < 1.29 is 18.4 Å². The van der Waals surface area contributed by atoms with Gasteiger partial charge in [0.25, 0.3) is 0 Å². The van der Waals surface area contributed by atoms with Crippen molar-refractivity contribution in [3.05, 3.63) is 35.7 Å². The molecule has 112 valence electrons. The fourth-order valence-electron chi connectivity index (χ4n) is 2.79. The van der Waals surface area contributed by atoms with Gasteiger partial charge in [-0.15, -0.1) is 0 Å². The minimum atomic E-state index is -0.681. The lowest BCUT2D eigenvalue weighted by Crippen LogP contribution is -2.26. The van der Waals surface area contributed by atoms with Gasteiger partial charge in [-0.1, -0.05) is 18.0 Å². The molecule has 1 aliphatic rings. The molecule has 2 unspecified atom stereocenters. The van der Waals surface area contributed by atoms with E-state index in [9.17, 15) is 13.9 Å². The third kappa shape index (κ3) is 3.26. The van der Waals surface area contributed by atoms with E-state index >= 15 is 0 Å². The van der Waals surface area contributed by atoms with Crippen molar-refractivity contribution >= 4 is 0 Å². The van der Waals surface area contributed by atoms with Gasteiger partial charge in [-0.05, 0) is 30.9 Å². The van der Waals surface area contributed by atoms with Crippen LogP contribution in [0.1, 0.15) is 31.6 Å². The third-order valence-corrected chi connectivity index (χ3v) is 3.89. The molecule has 1 fully saturated rings. The maximum Gasteiger partial charge on any atom is 0.227 e. The average molecular weight is 294 g/mol. The molecule has 1 saturated carbocycles. The molecule has 0 amide bonds. The molecule has 0 saturated heterocycles. The van der Waals surface area contributed by atoms with Crippen molar-refractivity contribution in [1.82, 2.24) is 10.1 Å². The maximum atomic E-state index is 13.2. The number of aromatic nitrogens is 2. The van der Waals surface area contributed by atoms with Gasteiger partial charge in [-0.2, -0.15) is 4.98 Å². The summed E-state index contributed by atoms with van der Waals surface area (Å²) in [6.45, 7) is 0. The van der Waals surface area contributed by atoms with E-state index in [4.69, 9.17) is 4.52 Å². The third-order valence-electron chi connectivity index (χ3n) is 3.89. The highest BCUT2D eigenvalue weighted by atomic mass is 19.1. The number of hydrogen-bond donors (Lipinski definition) is 1. The first kappa shape index (κ1) is 14.1. The Morgan fingerprint density at radius 3 is 2.57 bits per heavy atom. The first-order valence-corrected chi connectivity index (χ1v) is 7.09. The Balaban J connectivity index is 1.76. The predicted molar refractivity (Wildman–Crippen MR) is 71.3 cm³/mol. The summed E-state index contributed by atoms with van der Waals surface area (Å²) in [5, 5.41) is 13.7. The van der Waals surface area contributed by atoms with Crippen molar-refractivity contribution in [1.29, 1.82) is 0 Å². The molecule has 2 atom stereocenters. The van der Waals surface area contributed by atoms with Crippen LogP contribution in [0, 0.1) is 17.6 Å². The molecule has 3 rings (SSSR count). The summed E-state index contributed by atoms with van der Waals surface area (Å²) in [6.07, 6.45) is 3.98. The number of aliphatic hydroxyl groups excluding tert-OH is 1. The zero-order valence-corrected chi connectivity index (χ0v) is 11.4. The zero-order chi connectivity index (χ0) is 14.8. The summed E-state index contributed by atoms with van der Waals surface area (Å²) in [5.74, 6) is -0.705. The van der Waals surface area contributed by atoms with Crippen LogP contribution in [0.25, 0.3) is 11.4 Å². The Morgan fingerprint density at radius 1 is 1.14 bits per heavy atom. The van der Waals surface area contributed by atoms with Crippen molar-refractivity contribution in [2.24, 2.45) is 5.92 Å². The van der Waals surface area contributed by atoms with Crippen LogP contribution in [0.4, 0.5) is 8.78 Å². The van der Waals surface area contributed by atoms with Crippen LogP contribution in [0.3, 0.4) is 0 Å². The molecule has 4 nitrogen and oxygen atoms in total. The van der Waals surface area contributed by atoms with E-state index in [2.05, 4.69) is 10.1 Å². The SMILES string of the molecule is OC1CCCCC1Cc1nc(-c2cc(F)cc(F)c2)no1. The quantitative estimate of drug-likeness (QED) is 0.945. The summed E-state index contributed by atoms with van der Waals surface area (Å²) < 4.78 is 31.5. The van der Waals surface area contributed by atoms with Crippen LogP contribution < -0.4 is 0 Å². The molecule has 0 bridgehead atoms. The van der Waals surface area contributed by atoms with E-state index in [0.29, 0.717) is 12.3 Å². The molecule has 21 heavy (non-hydrogen) atoms. The van der Waals surface area contributed by atoms with Crippen LogP contribution in [-0.2, 0) is 6.42 Å². The first-order valence-electron chi connectivity index (χ1n) is 7.09. The van der Waals surface area contributed by atoms with Gasteiger partial charge < -0.3 is 9.63 Å². The molecule has 1 N–H and O–H groups in total. The van der Waals surface area contributed by atoms with Gasteiger partial charge in [0.2, 0.25) is 11.7 Å². The minimum absolute atomic E-state index is 0.108. The molecular weight excluding hydrogens is 278 g/mol. The number of aliphatic hydroxyl groups is 1. The number of hydrogen-bond acceptors (Lipinski definition) is 4. The van der Waals surface area contributed by atoms with E-state index in [0.717, 1.165) is 43.9 Å². The Labute approximate surface area is 120 Å². The smallest absolute Gasteiger partial charge is 0.227 e. The average Bonchev–Trinajstić information content (AvgIpc) is 2.89. The lowest BCUT2D eigenvalue weighted by molar-refractivity contribution is 0.0657. The van der Waals surface area contributed by atoms with Crippen molar-refractivity contribution in [3.8, 4) is 11.4 Å². The molecule has 1 heterocycles. The van der Waals surface area contributed by atoms with E-state index < -0.39 is 11.6 Å². The number of nitrogens with zero attached hydrogens (tertiary/aromatic N) is 2. The largest absolute Gasteiger partial charge is 0.393 e. The van der Waals surface area contributed by atoms with Gasteiger partial charge in [0.1, 0.15) is 11.6 Å². The highest BCUT2D eigenvalue weighted by Crippen LogP contribution is 2.28. The van der Waals surface area contributed by atoms with E-state index in [1.165, 1.54) is 0 Å². The maximum absolute atomic E-state index is 13.2. The molecule has 0 radical (unpaired) electrons. The standard InChI is InChI=1S/C15H16F2N2O2/c16-11-5-10(6-12(17)8-11)15-18-14(21-19-15)7-9-3-1-2-4-13(9)20/h5-6,8-9,13,20H,1-4,7H2. The number of halogens is 2. The van der Waals surface area contributed by atoms with E-state index in [1.54, 1.807) is 0 Å². The summed E-state index contributed by atoms with van der Waals surface area (Å²) in [7, 11) is 0. The summed E-state index contributed by atoms with van der Waals surface area (Å²) in [4.78, 5) is 4.17. The topological polar surface area (TPSA) is 59.2 Å². The summed E-state index contributed by atoms with van der Waals surface area (Å²) >= 11 is 0. The Bertz CT molecular complexity index is 610. The molecule has 1 aliphatic carbocycles. The van der Waals surface area contributed by atoms with Gasteiger partial charge in [-0.3, -0.25) is 0 Å². The number of benzene rings is 1. The predicted octanol–water partition coefficient (Wildman–Crippen LogP) is 3.11. The first-order chi connectivity index (χ1) is 10.1. The van der Waals surface area contributed by atoms with Gasteiger partial charge in [0, 0.05) is 18.1 Å². The molecule has 1 aromatic heterocycles. The Kier molecular flexibility index (Phi) is 3.96. The van der Waals surface area contributed by atoms with E-state index in [1.807, 2.05) is 0 Å². The normalized spacial score (nSPS) is 22.4.